The van der Waals surface area contributed by atoms with Crippen LogP contribution >= 0.6 is 19.4 Å². The Morgan fingerprint density at radius 3 is 2.39 bits per heavy atom. The van der Waals surface area contributed by atoms with Gasteiger partial charge >= 0.3 is 13.6 Å². The van der Waals surface area contributed by atoms with Crippen molar-refractivity contribution in [2.45, 2.75) is 13.8 Å². The molecule has 0 saturated heterocycles. The standard InChI is InChI=1S/C10H22NO5PS/c1-4-15-17(13,16-5-2)9-18-7-6-11-8-10(12)14-3/h11H,4-9H2,1-3H3. The first-order valence-corrected chi connectivity index (χ1v) is 8.69. The van der Waals surface area contributed by atoms with Gasteiger partial charge < -0.3 is 19.1 Å². The minimum Gasteiger partial charge on any atom is -0.468 e. The Kier molecular flexibility index (Phi) is 10.8. The Labute approximate surface area is 113 Å². The van der Waals surface area contributed by atoms with Crippen LogP contribution in [0.2, 0.25) is 0 Å². The molecular formula is C10H22NO5PS. The summed E-state index contributed by atoms with van der Waals surface area (Å²) in [4.78, 5) is 10.8. The van der Waals surface area contributed by atoms with Crippen LogP contribution in [0, 0.1) is 0 Å². The molecule has 0 aliphatic carbocycles. The molecule has 8 heteroatoms. The van der Waals surface area contributed by atoms with Crippen molar-refractivity contribution in [2.75, 3.05) is 44.7 Å². The Hall–Kier alpha value is -0.0700. The minimum absolute atomic E-state index is 0.186. The van der Waals surface area contributed by atoms with Crippen molar-refractivity contribution in [3.63, 3.8) is 0 Å². The highest BCUT2D eigenvalue weighted by Crippen LogP contribution is 2.50. The van der Waals surface area contributed by atoms with E-state index in [1.54, 1.807) is 13.8 Å². The normalized spacial score (nSPS) is 11.5. The third-order valence-corrected chi connectivity index (χ3v) is 5.61. The molecule has 0 saturated carbocycles. The number of nitrogens with one attached hydrogen (secondary N) is 1. The number of carbonyl (C=O) groups excluding carboxylic acids is 1. The maximum absolute atomic E-state index is 12.0. The fraction of sp³-hybridized carbons (Fsp3) is 0.900. The Bertz CT molecular complexity index is 267. The van der Waals surface area contributed by atoms with Crippen molar-refractivity contribution in [3.8, 4) is 0 Å². The summed E-state index contributed by atoms with van der Waals surface area (Å²) in [6, 6.07) is 0. The van der Waals surface area contributed by atoms with Crippen molar-refractivity contribution in [2.24, 2.45) is 0 Å². The molecule has 108 valence electrons. The van der Waals surface area contributed by atoms with Crippen LogP contribution < -0.4 is 5.32 Å². The predicted octanol–water partition coefficient (Wildman–Crippen LogP) is 1.71. The molecule has 0 aliphatic heterocycles. The molecule has 0 atom stereocenters. The first kappa shape index (κ1) is 17.9. The number of hydrogen-bond donors (Lipinski definition) is 1. The first-order chi connectivity index (χ1) is 8.58. The maximum atomic E-state index is 12.0. The van der Waals surface area contributed by atoms with Crippen LogP contribution in [0.25, 0.3) is 0 Å². The quantitative estimate of drug-likeness (QED) is 0.353. The van der Waals surface area contributed by atoms with E-state index in [0.717, 1.165) is 5.75 Å². The Balaban J connectivity index is 3.67. The molecule has 0 spiro atoms. The van der Waals surface area contributed by atoms with E-state index < -0.39 is 7.60 Å². The van der Waals surface area contributed by atoms with E-state index in [2.05, 4.69) is 10.1 Å². The van der Waals surface area contributed by atoms with Crippen molar-refractivity contribution < 1.29 is 23.1 Å². The van der Waals surface area contributed by atoms with E-state index in [1.807, 2.05) is 0 Å². The number of hydrogen-bond acceptors (Lipinski definition) is 7. The zero-order chi connectivity index (χ0) is 13.9. The van der Waals surface area contributed by atoms with Gasteiger partial charge in [-0.3, -0.25) is 9.36 Å². The lowest BCUT2D eigenvalue weighted by Gasteiger charge is -2.16. The zero-order valence-electron chi connectivity index (χ0n) is 11.1. The summed E-state index contributed by atoms with van der Waals surface area (Å²) in [5, 5.41) is 2.92. The summed E-state index contributed by atoms with van der Waals surface area (Å²) in [6.45, 7) is 5.14. The average molecular weight is 299 g/mol. The molecule has 0 aliphatic rings. The summed E-state index contributed by atoms with van der Waals surface area (Å²) >= 11 is 1.47. The second-order valence-electron chi connectivity index (χ2n) is 3.24. The van der Waals surface area contributed by atoms with Gasteiger partial charge in [-0.2, -0.15) is 0 Å². The average Bonchev–Trinajstić information content (AvgIpc) is 2.33. The zero-order valence-corrected chi connectivity index (χ0v) is 12.9. The van der Waals surface area contributed by atoms with Gasteiger partial charge in [-0.25, -0.2) is 0 Å². The molecule has 0 aromatic heterocycles. The summed E-state index contributed by atoms with van der Waals surface area (Å²) in [7, 11) is -1.60. The van der Waals surface area contributed by atoms with E-state index >= 15 is 0 Å². The van der Waals surface area contributed by atoms with Gasteiger partial charge in [-0.15, -0.1) is 11.8 Å². The van der Waals surface area contributed by atoms with Gasteiger partial charge in [0, 0.05) is 12.3 Å². The molecule has 0 aromatic rings. The van der Waals surface area contributed by atoms with Gasteiger partial charge in [0.2, 0.25) is 0 Å². The minimum atomic E-state index is -2.95. The van der Waals surface area contributed by atoms with Crippen LogP contribution in [-0.4, -0.2) is 50.6 Å². The van der Waals surface area contributed by atoms with Gasteiger partial charge in [0.25, 0.3) is 0 Å². The van der Waals surface area contributed by atoms with Gasteiger partial charge in [0.05, 0.1) is 32.4 Å². The molecule has 0 radical (unpaired) electrons. The maximum Gasteiger partial charge on any atom is 0.340 e. The van der Waals surface area contributed by atoms with Crippen LogP contribution in [0.1, 0.15) is 13.8 Å². The van der Waals surface area contributed by atoms with Gasteiger partial charge in [0.15, 0.2) is 0 Å². The van der Waals surface area contributed by atoms with Crippen LogP contribution in [0.15, 0.2) is 0 Å². The van der Waals surface area contributed by atoms with Crippen LogP contribution in [-0.2, 0) is 23.1 Å². The number of methoxy groups -OCH3 is 1. The lowest BCUT2D eigenvalue weighted by Crippen LogP contribution is -2.25. The smallest absolute Gasteiger partial charge is 0.340 e. The summed E-state index contributed by atoms with van der Waals surface area (Å²) < 4.78 is 26.8. The molecule has 0 bridgehead atoms. The lowest BCUT2D eigenvalue weighted by atomic mass is 10.6. The molecule has 18 heavy (non-hydrogen) atoms. The predicted molar refractivity (Wildman–Crippen MR) is 73.1 cm³/mol. The number of rotatable bonds is 11. The number of thioether (sulfide) groups is 1. The van der Waals surface area contributed by atoms with E-state index in [0.29, 0.717) is 25.3 Å². The van der Waals surface area contributed by atoms with Crippen LogP contribution in [0.4, 0.5) is 0 Å². The molecule has 1 N–H and O–H groups in total. The van der Waals surface area contributed by atoms with Crippen molar-refractivity contribution in [3.05, 3.63) is 0 Å². The lowest BCUT2D eigenvalue weighted by molar-refractivity contribution is -0.139. The number of ether oxygens (including phenoxy) is 1. The monoisotopic (exact) mass is 299 g/mol. The summed E-state index contributed by atoms with van der Waals surface area (Å²) in [5.74, 6) is 0.426. The van der Waals surface area contributed by atoms with E-state index in [1.165, 1.54) is 18.9 Å². The Morgan fingerprint density at radius 1 is 1.28 bits per heavy atom. The van der Waals surface area contributed by atoms with Crippen molar-refractivity contribution in [1.82, 2.24) is 5.32 Å². The number of carbonyl (C=O) groups is 1. The molecule has 0 heterocycles. The van der Waals surface area contributed by atoms with Crippen molar-refractivity contribution in [1.29, 1.82) is 0 Å². The van der Waals surface area contributed by atoms with Crippen LogP contribution in [0.3, 0.4) is 0 Å². The Morgan fingerprint density at radius 2 is 1.89 bits per heavy atom. The number of esters is 1. The highest BCUT2D eigenvalue weighted by Gasteiger charge is 2.22. The second-order valence-corrected chi connectivity index (χ2v) is 6.82. The van der Waals surface area contributed by atoms with Crippen molar-refractivity contribution >= 4 is 25.3 Å². The van der Waals surface area contributed by atoms with Crippen LogP contribution in [0.5, 0.6) is 0 Å². The van der Waals surface area contributed by atoms with E-state index in [4.69, 9.17) is 9.05 Å². The highest BCUT2D eigenvalue weighted by molar-refractivity contribution is 8.04. The van der Waals surface area contributed by atoms with Gasteiger partial charge in [-0.05, 0) is 13.8 Å². The highest BCUT2D eigenvalue weighted by atomic mass is 32.2. The van der Waals surface area contributed by atoms with Gasteiger partial charge in [0.1, 0.15) is 0 Å². The third-order valence-electron chi connectivity index (χ3n) is 1.82. The fourth-order valence-electron chi connectivity index (χ4n) is 1.09. The molecular weight excluding hydrogens is 277 g/mol. The van der Waals surface area contributed by atoms with E-state index in [-0.39, 0.29) is 12.5 Å². The molecule has 6 nitrogen and oxygen atoms in total. The molecule has 0 fully saturated rings. The fourth-order valence-corrected chi connectivity index (χ4v) is 4.25. The first-order valence-electron chi connectivity index (χ1n) is 5.81. The summed E-state index contributed by atoms with van der Waals surface area (Å²) in [6.07, 6.45) is 0. The molecule has 0 aromatic carbocycles. The molecule has 0 rings (SSSR count). The summed E-state index contributed by atoms with van der Waals surface area (Å²) in [5.41, 5.74) is 0.328. The van der Waals surface area contributed by atoms with Gasteiger partial charge in [-0.1, -0.05) is 0 Å². The third kappa shape index (κ3) is 8.94. The topological polar surface area (TPSA) is 73.9 Å². The molecule has 0 amide bonds. The largest absolute Gasteiger partial charge is 0.468 e. The van der Waals surface area contributed by atoms with E-state index in [9.17, 15) is 9.36 Å². The SMILES string of the molecule is CCOP(=O)(CSCCNCC(=O)OC)OCC. The second kappa shape index (κ2) is 10.8. The molecule has 0 unspecified atom stereocenters.